The van der Waals surface area contributed by atoms with Crippen LogP contribution in [0.25, 0.3) is 0 Å². The quantitative estimate of drug-likeness (QED) is 0.405. The third-order valence-electron chi connectivity index (χ3n) is 4.33. The summed E-state index contributed by atoms with van der Waals surface area (Å²) >= 11 is 0. The zero-order valence-electron chi connectivity index (χ0n) is 15.4. The van der Waals surface area contributed by atoms with Gasteiger partial charge in [-0.3, -0.25) is 9.79 Å². The number of nitrogens with zero attached hydrogens (tertiary/aromatic N) is 1. The van der Waals surface area contributed by atoms with E-state index in [0.29, 0.717) is 0 Å². The molecule has 0 bridgehead atoms. The Kier molecular flexibility index (Phi) is 8.02. The number of rotatable bonds is 7. The Hall–Kier alpha value is -2.30. The third-order valence-corrected chi connectivity index (χ3v) is 4.33. The molecule has 25 heavy (non-hydrogen) atoms. The summed E-state index contributed by atoms with van der Waals surface area (Å²) < 4.78 is 0. The van der Waals surface area contributed by atoms with Gasteiger partial charge in [0.2, 0.25) is 5.91 Å². The second-order valence-electron chi connectivity index (χ2n) is 6.41. The van der Waals surface area contributed by atoms with Gasteiger partial charge in [0, 0.05) is 32.7 Å². The molecule has 0 saturated heterocycles. The van der Waals surface area contributed by atoms with Gasteiger partial charge < -0.3 is 16.0 Å². The van der Waals surface area contributed by atoms with Crippen LogP contribution in [0.15, 0.2) is 40.9 Å². The number of guanidine groups is 1. The second kappa shape index (κ2) is 10.5. The average Bonchev–Trinajstić information content (AvgIpc) is 2.62. The topological polar surface area (TPSA) is 65.5 Å². The van der Waals surface area contributed by atoms with Crippen LogP contribution in [0.1, 0.15) is 44.6 Å². The van der Waals surface area contributed by atoms with E-state index >= 15 is 0 Å². The molecule has 3 N–H and O–H groups in total. The maximum atomic E-state index is 11.0. The maximum Gasteiger partial charge on any atom is 0.221 e. The normalized spacial score (nSPS) is 14.6. The minimum atomic E-state index is -0.0479. The molecule has 1 aliphatic rings. The van der Waals surface area contributed by atoms with Crippen molar-refractivity contribution in [1.82, 2.24) is 10.6 Å². The van der Waals surface area contributed by atoms with E-state index in [4.69, 9.17) is 0 Å². The Labute approximate surface area is 151 Å². The zero-order valence-corrected chi connectivity index (χ0v) is 15.4. The van der Waals surface area contributed by atoms with Gasteiger partial charge in [0.15, 0.2) is 5.96 Å². The first kappa shape index (κ1) is 19.0. The molecular weight excluding hydrogens is 312 g/mol. The first-order valence-electron chi connectivity index (χ1n) is 9.16. The number of hydrogen-bond acceptors (Lipinski definition) is 2. The highest BCUT2D eigenvalue weighted by Crippen LogP contribution is 2.19. The number of benzene rings is 1. The van der Waals surface area contributed by atoms with Crippen molar-refractivity contribution in [2.24, 2.45) is 4.99 Å². The van der Waals surface area contributed by atoms with Crippen LogP contribution in [-0.2, 0) is 11.2 Å². The number of anilines is 1. The van der Waals surface area contributed by atoms with Gasteiger partial charge in [0.05, 0.1) is 0 Å². The van der Waals surface area contributed by atoms with Crippen molar-refractivity contribution in [3.05, 3.63) is 41.5 Å². The molecule has 5 heteroatoms. The van der Waals surface area contributed by atoms with E-state index in [1.165, 1.54) is 38.2 Å². The van der Waals surface area contributed by atoms with Gasteiger partial charge in [-0.2, -0.15) is 0 Å². The Morgan fingerprint density at radius 1 is 1.08 bits per heavy atom. The number of hydrogen-bond donors (Lipinski definition) is 3. The largest absolute Gasteiger partial charge is 0.356 e. The standard InChI is InChI=1S/C20H30N4O/c1-16(25)24-19-10-8-18(9-11-19)13-15-23-20(21-2)22-14-12-17-6-4-3-5-7-17/h6,8-11H,3-5,7,12-15H2,1-2H3,(H,24,25)(H2,21,22,23). The SMILES string of the molecule is CN=C(NCCC1=CCCCC1)NCCc1ccc(NC(C)=O)cc1. The van der Waals surface area contributed by atoms with Crippen LogP contribution in [0.3, 0.4) is 0 Å². The predicted octanol–water partition coefficient (Wildman–Crippen LogP) is 3.24. The fraction of sp³-hybridized carbons (Fsp3) is 0.500. The molecule has 2 rings (SSSR count). The number of amides is 1. The molecule has 1 amide bonds. The summed E-state index contributed by atoms with van der Waals surface area (Å²) in [5, 5.41) is 9.51. The molecule has 0 fully saturated rings. The number of aliphatic imine (C=N–C) groups is 1. The van der Waals surface area contributed by atoms with Crippen LogP contribution in [0.2, 0.25) is 0 Å². The molecule has 0 aliphatic heterocycles. The lowest BCUT2D eigenvalue weighted by molar-refractivity contribution is -0.114. The van der Waals surface area contributed by atoms with E-state index in [1.807, 2.05) is 24.3 Å². The van der Waals surface area contributed by atoms with Gasteiger partial charge in [-0.25, -0.2) is 0 Å². The molecule has 0 atom stereocenters. The maximum absolute atomic E-state index is 11.0. The van der Waals surface area contributed by atoms with Crippen molar-refractivity contribution in [2.45, 2.75) is 45.4 Å². The fourth-order valence-electron chi connectivity index (χ4n) is 2.98. The van der Waals surface area contributed by atoms with E-state index in [2.05, 4.69) is 27.0 Å². The molecule has 0 unspecified atom stereocenters. The molecule has 1 aliphatic carbocycles. The molecule has 1 aromatic carbocycles. The Balaban J connectivity index is 1.66. The highest BCUT2D eigenvalue weighted by Gasteiger charge is 2.04. The lowest BCUT2D eigenvalue weighted by atomic mass is 9.97. The van der Waals surface area contributed by atoms with Crippen LogP contribution in [0.5, 0.6) is 0 Å². The lowest BCUT2D eigenvalue weighted by Crippen LogP contribution is -2.38. The van der Waals surface area contributed by atoms with Crippen LogP contribution in [-0.4, -0.2) is 32.0 Å². The van der Waals surface area contributed by atoms with Crippen LogP contribution >= 0.6 is 0 Å². The van der Waals surface area contributed by atoms with Crippen molar-refractivity contribution >= 4 is 17.6 Å². The Morgan fingerprint density at radius 2 is 1.80 bits per heavy atom. The lowest BCUT2D eigenvalue weighted by Gasteiger charge is -2.15. The summed E-state index contributed by atoms with van der Waals surface area (Å²) in [6.07, 6.45) is 9.57. The molecule has 1 aromatic rings. The molecule has 0 aromatic heterocycles. The second-order valence-corrected chi connectivity index (χ2v) is 6.41. The summed E-state index contributed by atoms with van der Waals surface area (Å²) in [6.45, 7) is 3.26. The molecule has 136 valence electrons. The molecule has 0 spiro atoms. The molecule has 5 nitrogen and oxygen atoms in total. The number of allylic oxidation sites excluding steroid dienone is 1. The zero-order chi connectivity index (χ0) is 17.9. The van der Waals surface area contributed by atoms with Gasteiger partial charge in [-0.05, 0) is 56.2 Å². The molecule has 0 heterocycles. The van der Waals surface area contributed by atoms with Crippen molar-refractivity contribution in [3.63, 3.8) is 0 Å². The van der Waals surface area contributed by atoms with Gasteiger partial charge in [-0.1, -0.05) is 23.8 Å². The molecule has 0 radical (unpaired) electrons. The van der Waals surface area contributed by atoms with Gasteiger partial charge in [-0.15, -0.1) is 0 Å². The Bertz CT molecular complexity index is 605. The van der Waals surface area contributed by atoms with Gasteiger partial charge >= 0.3 is 0 Å². The van der Waals surface area contributed by atoms with E-state index in [1.54, 1.807) is 12.6 Å². The highest BCUT2D eigenvalue weighted by molar-refractivity contribution is 5.88. The first-order valence-corrected chi connectivity index (χ1v) is 9.16. The number of carbonyl (C=O) groups is 1. The highest BCUT2D eigenvalue weighted by atomic mass is 16.1. The van der Waals surface area contributed by atoms with E-state index in [-0.39, 0.29) is 5.91 Å². The average molecular weight is 342 g/mol. The summed E-state index contributed by atoms with van der Waals surface area (Å²) in [5.74, 6) is 0.805. The summed E-state index contributed by atoms with van der Waals surface area (Å²) in [6, 6.07) is 7.95. The van der Waals surface area contributed by atoms with Crippen molar-refractivity contribution in [2.75, 3.05) is 25.5 Å². The fourth-order valence-corrected chi connectivity index (χ4v) is 2.98. The number of carbonyl (C=O) groups excluding carboxylic acids is 1. The van der Waals surface area contributed by atoms with Gasteiger partial charge in [0.25, 0.3) is 0 Å². The van der Waals surface area contributed by atoms with E-state index in [0.717, 1.165) is 37.6 Å². The summed E-state index contributed by atoms with van der Waals surface area (Å²) in [5.41, 5.74) is 3.64. The van der Waals surface area contributed by atoms with Crippen LogP contribution in [0.4, 0.5) is 5.69 Å². The van der Waals surface area contributed by atoms with E-state index < -0.39 is 0 Å². The minimum Gasteiger partial charge on any atom is -0.356 e. The smallest absolute Gasteiger partial charge is 0.221 e. The van der Waals surface area contributed by atoms with Crippen molar-refractivity contribution in [3.8, 4) is 0 Å². The first-order chi connectivity index (χ1) is 12.2. The monoisotopic (exact) mass is 342 g/mol. The van der Waals surface area contributed by atoms with Gasteiger partial charge in [0.1, 0.15) is 0 Å². The minimum absolute atomic E-state index is 0.0479. The summed E-state index contributed by atoms with van der Waals surface area (Å²) in [7, 11) is 1.80. The van der Waals surface area contributed by atoms with Crippen molar-refractivity contribution in [1.29, 1.82) is 0 Å². The van der Waals surface area contributed by atoms with Crippen LogP contribution < -0.4 is 16.0 Å². The predicted molar refractivity (Wildman–Crippen MR) is 105 cm³/mol. The third kappa shape index (κ3) is 7.42. The van der Waals surface area contributed by atoms with Crippen molar-refractivity contribution < 1.29 is 4.79 Å². The number of nitrogens with one attached hydrogen (secondary N) is 3. The van der Waals surface area contributed by atoms with Crippen LogP contribution in [0, 0.1) is 0 Å². The van der Waals surface area contributed by atoms with E-state index in [9.17, 15) is 4.79 Å². The molecule has 0 saturated carbocycles. The summed E-state index contributed by atoms with van der Waals surface area (Å²) in [4.78, 5) is 15.3. The Morgan fingerprint density at radius 3 is 2.40 bits per heavy atom. The molecular formula is C20H30N4O.